The summed E-state index contributed by atoms with van der Waals surface area (Å²) in [4.78, 5) is 39.3. The van der Waals surface area contributed by atoms with Crippen LogP contribution in [0.15, 0.2) is 30.3 Å². The minimum absolute atomic E-state index is 0. The molecule has 1 saturated heterocycles. The maximum absolute atomic E-state index is 11.5. The number of amides is 3. The summed E-state index contributed by atoms with van der Waals surface area (Å²) in [7, 11) is 0. The van der Waals surface area contributed by atoms with Crippen molar-refractivity contribution >= 4 is 18.3 Å². The Morgan fingerprint density at radius 2 is 1.23 bits per heavy atom. The fourth-order valence-electron chi connectivity index (χ4n) is 3.29. The third-order valence-corrected chi connectivity index (χ3v) is 5.05. The van der Waals surface area contributed by atoms with Crippen LogP contribution in [-0.4, -0.2) is 89.7 Å². The third kappa shape index (κ3) is 8.21. The average molecular weight is 563 g/mol. The number of benzene rings is 1. The Morgan fingerprint density at radius 1 is 0.800 bits per heavy atom. The fraction of sp³-hybridized carbons (Fsp3) is 0.526. The van der Waals surface area contributed by atoms with Gasteiger partial charge in [-0.3, -0.25) is 4.90 Å². The SMILES string of the molecule is CC1CN(C(=O)[O-])CCN(C(=O)[O-])CCN(C(=O)[O-])CCN1Cc1ccccc1.[Gd+3]. The van der Waals surface area contributed by atoms with Gasteiger partial charge < -0.3 is 44.4 Å². The van der Waals surface area contributed by atoms with E-state index in [-0.39, 0.29) is 85.3 Å². The Kier molecular flexibility index (Phi) is 11.3. The Bertz CT molecular complexity index is 708. The van der Waals surface area contributed by atoms with Crippen LogP contribution in [0.5, 0.6) is 0 Å². The van der Waals surface area contributed by atoms with Gasteiger partial charge in [0.25, 0.3) is 0 Å². The molecule has 1 aliphatic heterocycles. The number of carboxylic acid groups (broad SMARTS) is 3. The van der Waals surface area contributed by atoms with E-state index < -0.39 is 18.3 Å². The molecule has 1 heterocycles. The van der Waals surface area contributed by atoms with Crippen molar-refractivity contribution in [2.45, 2.75) is 19.5 Å². The van der Waals surface area contributed by atoms with E-state index in [2.05, 4.69) is 0 Å². The number of rotatable bonds is 2. The van der Waals surface area contributed by atoms with Gasteiger partial charge in [-0.1, -0.05) is 30.3 Å². The number of carbonyl (C=O) groups is 3. The van der Waals surface area contributed by atoms with E-state index in [0.29, 0.717) is 13.1 Å². The van der Waals surface area contributed by atoms with E-state index in [0.717, 1.165) is 20.3 Å². The summed E-state index contributed by atoms with van der Waals surface area (Å²) in [6.45, 7) is 2.43. The van der Waals surface area contributed by atoms with Crippen molar-refractivity contribution in [1.29, 1.82) is 0 Å². The van der Waals surface area contributed by atoms with Crippen LogP contribution >= 0.6 is 0 Å². The summed E-state index contributed by atoms with van der Waals surface area (Å²) in [5.74, 6) is 0. The molecule has 0 N–H and O–H groups in total. The fourth-order valence-corrected chi connectivity index (χ4v) is 3.29. The molecule has 0 aromatic heterocycles. The summed E-state index contributed by atoms with van der Waals surface area (Å²) >= 11 is 0. The molecular formula is C19H25GdN4O6. The van der Waals surface area contributed by atoms with E-state index in [9.17, 15) is 29.7 Å². The summed E-state index contributed by atoms with van der Waals surface area (Å²) in [5, 5.41) is 34.3. The Morgan fingerprint density at radius 3 is 1.70 bits per heavy atom. The summed E-state index contributed by atoms with van der Waals surface area (Å²) < 4.78 is 0. The molecule has 11 heteroatoms. The molecule has 0 spiro atoms. The minimum atomic E-state index is -1.49. The first kappa shape index (κ1) is 26.3. The van der Waals surface area contributed by atoms with Gasteiger partial charge in [-0.05, 0) is 12.5 Å². The monoisotopic (exact) mass is 563 g/mol. The van der Waals surface area contributed by atoms with Gasteiger partial charge in [0.15, 0.2) is 0 Å². The molecule has 1 atom stereocenters. The number of carbonyl (C=O) groups excluding carboxylic acids is 3. The number of hydrogen-bond donors (Lipinski definition) is 0. The van der Waals surface area contributed by atoms with Gasteiger partial charge >= 0.3 is 39.9 Å². The molecule has 0 aliphatic carbocycles. The molecule has 10 nitrogen and oxygen atoms in total. The van der Waals surface area contributed by atoms with Crippen molar-refractivity contribution in [2.75, 3.05) is 45.8 Å². The molecule has 2 rings (SSSR count). The smallest absolute Gasteiger partial charge is 0.530 e. The van der Waals surface area contributed by atoms with Gasteiger partial charge in [-0.2, -0.15) is 0 Å². The summed E-state index contributed by atoms with van der Waals surface area (Å²) in [6.07, 6.45) is -4.26. The van der Waals surface area contributed by atoms with Crippen molar-refractivity contribution < 1.29 is 69.6 Å². The van der Waals surface area contributed by atoms with Crippen LogP contribution in [0.1, 0.15) is 12.5 Å². The van der Waals surface area contributed by atoms with Crippen molar-refractivity contribution in [2.24, 2.45) is 0 Å². The summed E-state index contributed by atoms with van der Waals surface area (Å²) in [5.41, 5.74) is 1.01. The van der Waals surface area contributed by atoms with E-state index >= 15 is 0 Å². The first-order chi connectivity index (χ1) is 13.8. The van der Waals surface area contributed by atoms with Crippen LogP contribution in [0.3, 0.4) is 0 Å². The van der Waals surface area contributed by atoms with E-state index in [1.807, 2.05) is 42.2 Å². The molecule has 1 radical (unpaired) electrons. The maximum atomic E-state index is 11.5. The zero-order chi connectivity index (χ0) is 21.4. The van der Waals surface area contributed by atoms with Crippen LogP contribution in [0.2, 0.25) is 0 Å². The van der Waals surface area contributed by atoms with Crippen molar-refractivity contribution in [3.8, 4) is 0 Å². The number of nitrogens with zero attached hydrogens (tertiary/aromatic N) is 4. The van der Waals surface area contributed by atoms with Crippen LogP contribution in [0, 0.1) is 39.9 Å². The standard InChI is InChI=1S/C19H28N4O6.Gd/c1-15-13-23(19(28)29)12-10-21(18(26)27)8-7-20(17(24)25)9-11-22(15)14-16-5-3-2-4-6-16;/h2-6,15H,7-14H2,1H3,(H,24,25)(H,26,27)(H,28,29);/q;+3/p-3. The zero-order valence-corrected chi connectivity index (χ0v) is 19.0. The second kappa shape index (κ2) is 12.9. The average Bonchev–Trinajstić information content (AvgIpc) is 2.66. The maximum Gasteiger partial charge on any atom is 3.00 e. The van der Waals surface area contributed by atoms with Crippen molar-refractivity contribution in [3.05, 3.63) is 35.9 Å². The third-order valence-electron chi connectivity index (χ3n) is 5.05. The molecular weight excluding hydrogens is 537 g/mol. The van der Waals surface area contributed by atoms with Crippen molar-refractivity contribution in [1.82, 2.24) is 19.6 Å². The topological polar surface area (TPSA) is 133 Å². The predicted molar refractivity (Wildman–Crippen MR) is 97.2 cm³/mol. The molecule has 1 unspecified atom stereocenters. The van der Waals surface area contributed by atoms with Gasteiger partial charge in [0.05, 0.1) is 0 Å². The molecule has 0 saturated carbocycles. The first-order valence-electron chi connectivity index (χ1n) is 9.43. The van der Waals surface area contributed by atoms with Crippen LogP contribution in [0.4, 0.5) is 14.4 Å². The Balaban J connectivity index is 0.00000450. The molecule has 1 aromatic carbocycles. The summed E-state index contributed by atoms with van der Waals surface area (Å²) in [6, 6.07) is 9.30. The van der Waals surface area contributed by atoms with Gasteiger partial charge in [0, 0.05) is 58.4 Å². The molecule has 1 fully saturated rings. The van der Waals surface area contributed by atoms with Gasteiger partial charge in [-0.15, -0.1) is 0 Å². The molecule has 0 bridgehead atoms. The molecule has 1 aliphatic rings. The van der Waals surface area contributed by atoms with E-state index in [4.69, 9.17) is 0 Å². The molecule has 1 aromatic rings. The zero-order valence-electron chi connectivity index (χ0n) is 16.7. The quantitative estimate of drug-likeness (QED) is 0.401. The predicted octanol–water partition coefficient (Wildman–Crippen LogP) is -2.17. The molecule has 3 amide bonds. The largest absolute Gasteiger partial charge is 3.00 e. The van der Waals surface area contributed by atoms with Gasteiger partial charge in [-0.25, -0.2) is 0 Å². The Hall–Kier alpha value is -1.69. The molecule has 30 heavy (non-hydrogen) atoms. The second-order valence-electron chi connectivity index (χ2n) is 7.02. The Labute approximate surface area is 207 Å². The minimum Gasteiger partial charge on any atom is -0.530 e. The second-order valence-corrected chi connectivity index (χ2v) is 7.02. The van der Waals surface area contributed by atoms with E-state index in [1.54, 1.807) is 0 Å². The van der Waals surface area contributed by atoms with Gasteiger partial charge in [0.2, 0.25) is 0 Å². The first-order valence-corrected chi connectivity index (χ1v) is 9.43. The number of hydrogen-bond acceptors (Lipinski definition) is 7. The van der Waals surface area contributed by atoms with Crippen LogP contribution in [-0.2, 0) is 6.54 Å². The van der Waals surface area contributed by atoms with Crippen LogP contribution < -0.4 is 15.3 Å². The van der Waals surface area contributed by atoms with Gasteiger partial charge in [0.1, 0.15) is 18.3 Å². The normalized spacial score (nSPS) is 19.2. The van der Waals surface area contributed by atoms with Crippen molar-refractivity contribution in [3.63, 3.8) is 0 Å². The van der Waals surface area contributed by atoms with Crippen LogP contribution in [0.25, 0.3) is 0 Å². The molecule has 165 valence electrons. The van der Waals surface area contributed by atoms with E-state index in [1.165, 1.54) is 0 Å².